The number of methoxy groups -OCH3 is 1. The number of hydrogen-bond donors (Lipinski definition) is 3. The number of anilines is 2. The van der Waals surface area contributed by atoms with Crippen LogP contribution in [0.5, 0.6) is 0 Å². The van der Waals surface area contributed by atoms with Crippen LogP contribution >= 0.6 is 11.8 Å². The molecule has 6 nitrogen and oxygen atoms in total. The quantitative estimate of drug-likeness (QED) is 0.449. The summed E-state index contributed by atoms with van der Waals surface area (Å²) in [6.07, 6.45) is 3.16. The zero-order valence-corrected chi connectivity index (χ0v) is 13.2. The third-order valence-corrected chi connectivity index (χ3v) is 3.13. The molecule has 1 unspecified atom stereocenters. The molecular weight excluding hydrogens is 276 g/mol. The van der Waals surface area contributed by atoms with Crippen molar-refractivity contribution in [2.45, 2.75) is 31.0 Å². The second kappa shape index (κ2) is 9.79. The van der Waals surface area contributed by atoms with Gasteiger partial charge in [0.1, 0.15) is 11.6 Å². The molecule has 0 fully saturated rings. The van der Waals surface area contributed by atoms with E-state index in [0.29, 0.717) is 19.6 Å². The monoisotopic (exact) mass is 300 g/mol. The van der Waals surface area contributed by atoms with Gasteiger partial charge in [-0.15, -0.1) is 0 Å². The van der Waals surface area contributed by atoms with Crippen molar-refractivity contribution in [1.82, 2.24) is 9.97 Å². The maximum atomic E-state index is 9.58. The smallest absolute Gasteiger partial charge is 0.191 e. The summed E-state index contributed by atoms with van der Waals surface area (Å²) in [7, 11) is 1.58. The Labute approximate surface area is 124 Å². The molecule has 0 radical (unpaired) electrons. The Hall–Kier alpha value is -1.05. The van der Waals surface area contributed by atoms with E-state index in [1.165, 1.54) is 11.8 Å². The molecule has 7 heteroatoms. The van der Waals surface area contributed by atoms with Gasteiger partial charge in [0.05, 0.1) is 12.7 Å². The number of aromatic nitrogens is 2. The van der Waals surface area contributed by atoms with Gasteiger partial charge < -0.3 is 20.5 Å². The Kier molecular flexibility index (Phi) is 8.32. The molecule has 0 aromatic carbocycles. The highest BCUT2D eigenvalue weighted by molar-refractivity contribution is 7.98. The summed E-state index contributed by atoms with van der Waals surface area (Å²) in [6, 6.07) is 1.89. The van der Waals surface area contributed by atoms with Crippen molar-refractivity contribution in [3.63, 3.8) is 0 Å². The van der Waals surface area contributed by atoms with Crippen molar-refractivity contribution in [3.8, 4) is 0 Å². The summed E-state index contributed by atoms with van der Waals surface area (Å²) in [5.41, 5.74) is 0. The van der Waals surface area contributed by atoms with E-state index in [9.17, 15) is 5.11 Å². The van der Waals surface area contributed by atoms with Crippen LogP contribution in [0.3, 0.4) is 0 Å². The average molecular weight is 300 g/mol. The fraction of sp³-hybridized carbons (Fsp3) is 0.692. The van der Waals surface area contributed by atoms with E-state index in [1.54, 1.807) is 7.11 Å². The summed E-state index contributed by atoms with van der Waals surface area (Å²) < 4.78 is 4.89. The van der Waals surface area contributed by atoms with Gasteiger partial charge >= 0.3 is 0 Å². The summed E-state index contributed by atoms with van der Waals surface area (Å²) in [6.45, 7) is 3.99. The van der Waals surface area contributed by atoms with Gasteiger partial charge in [0.2, 0.25) is 0 Å². The van der Waals surface area contributed by atoms with Crippen molar-refractivity contribution in [2.24, 2.45) is 0 Å². The molecule has 0 aliphatic rings. The van der Waals surface area contributed by atoms with Crippen molar-refractivity contribution < 1.29 is 9.84 Å². The molecular formula is C13H24N4O2S. The fourth-order valence-corrected chi connectivity index (χ4v) is 1.97. The van der Waals surface area contributed by atoms with E-state index in [-0.39, 0.29) is 0 Å². The number of aliphatic hydroxyl groups is 1. The van der Waals surface area contributed by atoms with Gasteiger partial charge in [-0.25, -0.2) is 9.97 Å². The highest BCUT2D eigenvalue weighted by atomic mass is 32.2. The van der Waals surface area contributed by atoms with Crippen LogP contribution in [0.4, 0.5) is 11.6 Å². The molecule has 1 atom stereocenters. The molecule has 0 saturated carbocycles. The molecule has 0 amide bonds. The average Bonchev–Trinajstić information content (AvgIpc) is 2.45. The summed E-state index contributed by atoms with van der Waals surface area (Å²) in [5, 5.41) is 16.8. The molecule has 114 valence electrons. The number of nitrogens with one attached hydrogen (secondary N) is 2. The number of aliphatic hydroxyl groups excluding tert-OH is 1. The first-order valence-electron chi connectivity index (χ1n) is 6.77. The number of thioether (sulfide) groups is 1. The molecule has 3 N–H and O–H groups in total. The maximum Gasteiger partial charge on any atom is 0.191 e. The molecule has 1 aromatic heterocycles. The van der Waals surface area contributed by atoms with Crippen molar-refractivity contribution >= 4 is 23.4 Å². The van der Waals surface area contributed by atoms with E-state index < -0.39 is 6.10 Å². The van der Waals surface area contributed by atoms with E-state index in [1.807, 2.05) is 12.3 Å². The largest absolute Gasteiger partial charge is 0.391 e. The first-order chi connectivity index (χ1) is 9.69. The molecule has 0 bridgehead atoms. The third kappa shape index (κ3) is 6.40. The lowest BCUT2D eigenvalue weighted by Crippen LogP contribution is -2.18. The zero-order valence-electron chi connectivity index (χ0n) is 12.3. The molecule has 0 aliphatic heterocycles. The highest BCUT2D eigenvalue weighted by Gasteiger charge is 2.06. The van der Waals surface area contributed by atoms with E-state index in [0.717, 1.165) is 29.8 Å². The SMILES string of the molecule is CCCNc1cc(NCCC(O)COC)nc(SC)n1. The van der Waals surface area contributed by atoms with Gasteiger partial charge in [0, 0.05) is 26.3 Å². The van der Waals surface area contributed by atoms with Crippen molar-refractivity contribution in [2.75, 3.05) is 43.7 Å². The van der Waals surface area contributed by atoms with Crippen LogP contribution in [0.2, 0.25) is 0 Å². The number of hydrogen-bond acceptors (Lipinski definition) is 7. The minimum atomic E-state index is -0.452. The molecule has 1 heterocycles. The Bertz CT molecular complexity index is 393. The lowest BCUT2D eigenvalue weighted by atomic mass is 10.2. The summed E-state index contributed by atoms with van der Waals surface area (Å²) in [5.74, 6) is 1.60. The number of rotatable bonds is 10. The number of ether oxygens (including phenoxy) is 1. The van der Waals surface area contributed by atoms with Crippen LogP contribution in [0.15, 0.2) is 11.2 Å². The lowest BCUT2D eigenvalue weighted by molar-refractivity contribution is 0.0615. The Morgan fingerprint density at radius 2 is 1.95 bits per heavy atom. The van der Waals surface area contributed by atoms with Crippen LogP contribution in [0.1, 0.15) is 19.8 Å². The lowest BCUT2D eigenvalue weighted by Gasteiger charge is -2.12. The standard InChI is InChI=1S/C13H24N4O2S/c1-4-6-14-11-8-12(17-13(16-11)20-3)15-7-5-10(18)9-19-2/h8,10,18H,4-7,9H2,1-3H3,(H2,14,15,16,17). The van der Waals surface area contributed by atoms with Crippen LogP contribution in [-0.2, 0) is 4.74 Å². The third-order valence-electron chi connectivity index (χ3n) is 2.59. The fourth-order valence-electron chi connectivity index (χ4n) is 1.59. The predicted octanol–water partition coefficient (Wildman–Crippen LogP) is 1.83. The summed E-state index contributed by atoms with van der Waals surface area (Å²) in [4.78, 5) is 8.78. The van der Waals surface area contributed by atoms with Gasteiger partial charge in [-0.2, -0.15) is 0 Å². The van der Waals surface area contributed by atoms with Crippen LogP contribution in [-0.4, -0.2) is 54.2 Å². The molecule has 1 rings (SSSR count). The first-order valence-corrected chi connectivity index (χ1v) is 7.99. The van der Waals surface area contributed by atoms with Crippen LogP contribution in [0, 0.1) is 0 Å². The van der Waals surface area contributed by atoms with E-state index >= 15 is 0 Å². The minimum absolute atomic E-state index is 0.352. The van der Waals surface area contributed by atoms with Gasteiger partial charge in [0.15, 0.2) is 5.16 Å². The van der Waals surface area contributed by atoms with Gasteiger partial charge in [-0.1, -0.05) is 18.7 Å². The zero-order chi connectivity index (χ0) is 14.8. The van der Waals surface area contributed by atoms with Crippen molar-refractivity contribution in [1.29, 1.82) is 0 Å². The topological polar surface area (TPSA) is 79.3 Å². The van der Waals surface area contributed by atoms with E-state index in [2.05, 4.69) is 27.5 Å². The van der Waals surface area contributed by atoms with Crippen LogP contribution < -0.4 is 10.6 Å². The Morgan fingerprint density at radius 3 is 2.50 bits per heavy atom. The molecule has 1 aromatic rings. The molecule has 0 saturated heterocycles. The van der Waals surface area contributed by atoms with E-state index in [4.69, 9.17) is 4.74 Å². The first kappa shape index (κ1) is 17.0. The molecule has 0 spiro atoms. The minimum Gasteiger partial charge on any atom is -0.391 e. The van der Waals surface area contributed by atoms with Gasteiger partial charge in [0.25, 0.3) is 0 Å². The molecule has 20 heavy (non-hydrogen) atoms. The van der Waals surface area contributed by atoms with Crippen molar-refractivity contribution in [3.05, 3.63) is 6.07 Å². The summed E-state index contributed by atoms with van der Waals surface area (Å²) >= 11 is 1.51. The second-order valence-corrected chi connectivity index (χ2v) is 5.15. The highest BCUT2D eigenvalue weighted by Crippen LogP contribution is 2.17. The van der Waals surface area contributed by atoms with Gasteiger partial charge in [-0.3, -0.25) is 0 Å². The molecule has 0 aliphatic carbocycles. The van der Waals surface area contributed by atoms with Crippen LogP contribution in [0.25, 0.3) is 0 Å². The Balaban J connectivity index is 2.54. The second-order valence-electron chi connectivity index (χ2n) is 4.38. The van der Waals surface area contributed by atoms with Gasteiger partial charge in [-0.05, 0) is 19.1 Å². The maximum absolute atomic E-state index is 9.58. The Morgan fingerprint density at radius 1 is 1.30 bits per heavy atom. The normalized spacial score (nSPS) is 12.2. The predicted molar refractivity (Wildman–Crippen MR) is 83.6 cm³/mol. The number of nitrogens with zero attached hydrogens (tertiary/aromatic N) is 2.